The first kappa shape index (κ1) is 19.3. The summed E-state index contributed by atoms with van der Waals surface area (Å²) in [5.41, 5.74) is 0.351. The second-order valence-electron chi connectivity index (χ2n) is 7.58. The van der Waals surface area contributed by atoms with E-state index >= 15 is 0 Å². The Kier molecular flexibility index (Phi) is 4.88. The van der Waals surface area contributed by atoms with Crippen LogP contribution < -0.4 is 0 Å². The fourth-order valence-corrected chi connectivity index (χ4v) is 6.00. The quantitative estimate of drug-likeness (QED) is 0.528. The molecular formula is C18H24N4O5S. The number of allylic oxidation sites excluding steroid dienone is 2. The number of hydrogen-bond donors (Lipinski definition) is 0. The van der Waals surface area contributed by atoms with Crippen LogP contribution >= 0.6 is 0 Å². The van der Waals surface area contributed by atoms with Crippen LogP contribution in [0.2, 0.25) is 0 Å². The largest absolute Gasteiger partial charge is 0.360 e. The lowest BCUT2D eigenvalue weighted by molar-refractivity contribution is -0.142. The minimum absolute atomic E-state index is 0.106. The topological polar surface area (TPSA) is 104 Å². The molecule has 0 bridgehead atoms. The number of nitrogens with zero attached hydrogens (tertiary/aromatic N) is 4. The van der Waals surface area contributed by atoms with Gasteiger partial charge in [0.25, 0.3) is 0 Å². The van der Waals surface area contributed by atoms with Crippen molar-refractivity contribution < 1.29 is 22.5 Å². The normalized spacial score (nSPS) is 26.9. The number of aromatic nitrogens is 1. The van der Waals surface area contributed by atoms with Crippen molar-refractivity contribution in [3.8, 4) is 0 Å². The summed E-state index contributed by atoms with van der Waals surface area (Å²) in [6, 6.07) is 0. The Labute approximate surface area is 164 Å². The number of sulfonamides is 1. The molecule has 0 unspecified atom stereocenters. The van der Waals surface area contributed by atoms with Crippen LogP contribution in [0.4, 0.5) is 0 Å². The smallest absolute Gasteiger partial charge is 0.248 e. The molecule has 1 aliphatic carbocycles. The first-order valence-corrected chi connectivity index (χ1v) is 10.9. The molecule has 0 N–H and O–H groups in total. The number of carbonyl (C=O) groups is 2. The maximum Gasteiger partial charge on any atom is 0.248 e. The zero-order valence-corrected chi connectivity index (χ0v) is 16.8. The maximum atomic E-state index is 12.9. The molecule has 28 heavy (non-hydrogen) atoms. The minimum atomic E-state index is -3.67. The van der Waals surface area contributed by atoms with E-state index in [1.807, 2.05) is 17.1 Å². The molecule has 2 amide bonds. The van der Waals surface area contributed by atoms with Crippen molar-refractivity contribution in [2.24, 2.45) is 11.8 Å². The summed E-state index contributed by atoms with van der Waals surface area (Å²) in [4.78, 5) is 28.6. The van der Waals surface area contributed by atoms with Crippen molar-refractivity contribution in [3.05, 3.63) is 23.6 Å². The fraction of sp³-hybridized carbons (Fsp3) is 0.611. The van der Waals surface area contributed by atoms with Gasteiger partial charge in [0.1, 0.15) is 10.6 Å². The standard InChI is InChI=1S/C18H24N4O5S/c1-12-16(13(2)27-19-12)28(25,26)21-9-7-20(8-10-21)11-22-17(23)14-5-3-4-6-15(14)18(22)24/h3-4,14-15H,5-11H2,1-2H3/t14-,15+. The molecule has 0 saturated carbocycles. The molecule has 1 aromatic heterocycles. The molecule has 10 heteroatoms. The fourth-order valence-electron chi connectivity index (χ4n) is 4.29. The van der Waals surface area contributed by atoms with Crippen molar-refractivity contribution >= 4 is 21.8 Å². The Balaban J connectivity index is 1.40. The highest BCUT2D eigenvalue weighted by molar-refractivity contribution is 7.89. The molecule has 2 fully saturated rings. The number of carbonyl (C=O) groups excluding carboxylic acids is 2. The molecule has 152 valence electrons. The van der Waals surface area contributed by atoms with E-state index in [1.54, 1.807) is 13.8 Å². The van der Waals surface area contributed by atoms with E-state index in [-0.39, 0.29) is 54.1 Å². The average molecular weight is 408 g/mol. The first-order valence-electron chi connectivity index (χ1n) is 9.46. The van der Waals surface area contributed by atoms with E-state index < -0.39 is 10.0 Å². The monoisotopic (exact) mass is 408 g/mol. The van der Waals surface area contributed by atoms with Crippen molar-refractivity contribution in [2.45, 2.75) is 31.6 Å². The summed E-state index contributed by atoms with van der Waals surface area (Å²) in [5, 5.41) is 3.73. The van der Waals surface area contributed by atoms with Gasteiger partial charge in [-0.1, -0.05) is 17.3 Å². The molecule has 3 aliphatic rings. The molecule has 2 atom stereocenters. The molecule has 0 aromatic carbocycles. The van der Waals surface area contributed by atoms with Crippen LogP contribution in [-0.4, -0.2) is 72.3 Å². The van der Waals surface area contributed by atoms with Gasteiger partial charge in [-0.3, -0.25) is 19.4 Å². The van der Waals surface area contributed by atoms with Crippen LogP contribution in [0, 0.1) is 25.7 Å². The Morgan fingerprint density at radius 3 is 2.11 bits per heavy atom. The highest BCUT2D eigenvalue weighted by Crippen LogP contribution is 2.35. The maximum absolute atomic E-state index is 12.9. The van der Waals surface area contributed by atoms with Gasteiger partial charge in [0, 0.05) is 26.2 Å². The average Bonchev–Trinajstić information content (AvgIpc) is 3.14. The van der Waals surface area contributed by atoms with Crippen molar-refractivity contribution in [2.75, 3.05) is 32.8 Å². The number of fused-ring (bicyclic) bond motifs is 1. The second-order valence-corrected chi connectivity index (χ2v) is 9.45. The number of rotatable bonds is 4. The van der Waals surface area contributed by atoms with Crippen LogP contribution in [-0.2, 0) is 19.6 Å². The van der Waals surface area contributed by atoms with Crippen molar-refractivity contribution in [1.29, 1.82) is 0 Å². The predicted octanol–water partition coefficient (Wildman–Crippen LogP) is 0.506. The number of aryl methyl sites for hydroxylation is 2. The molecule has 4 rings (SSSR count). The molecule has 2 aliphatic heterocycles. The van der Waals surface area contributed by atoms with Gasteiger partial charge in [-0.25, -0.2) is 8.42 Å². The van der Waals surface area contributed by atoms with Crippen LogP contribution in [0.1, 0.15) is 24.3 Å². The Bertz CT molecular complexity index is 884. The van der Waals surface area contributed by atoms with Gasteiger partial charge in [-0.2, -0.15) is 4.31 Å². The highest BCUT2D eigenvalue weighted by Gasteiger charge is 2.47. The second kappa shape index (κ2) is 7.09. The zero-order chi connectivity index (χ0) is 20.1. The lowest BCUT2D eigenvalue weighted by atomic mass is 9.85. The van der Waals surface area contributed by atoms with Crippen LogP contribution in [0.5, 0.6) is 0 Å². The molecule has 1 aromatic rings. The number of likely N-dealkylation sites (tertiary alicyclic amines) is 1. The van der Waals surface area contributed by atoms with Crippen molar-refractivity contribution in [3.63, 3.8) is 0 Å². The highest BCUT2D eigenvalue weighted by atomic mass is 32.2. The third-order valence-corrected chi connectivity index (χ3v) is 7.98. The van der Waals surface area contributed by atoms with Crippen LogP contribution in [0.3, 0.4) is 0 Å². The van der Waals surface area contributed by atoms with E-state index in [0.717, 1.165) is 0 Å². The molecule has 0 spiro atoms. The van der Waals surface area contributed by atoms with E-state index in [1.165, 1.54) is 9.21 Å². The zero-order valence-electron chi connectivity index (χ0n) is 16.0. The van der Waals surface area contributed by atoms with Crippen molar-refractivity contribution in [1.82, 2.24) is 19.3 Å². The lowest BCUT2D eigenvalue weighted by Crippen LogP contribution is -2.52. The molecular weight excluding hydrogens is 384 g/mol. The third-order valence-electron chi connectivity index (χ3n) is 5.84. The number of piperazine rings is 1. The summed E-state index contributed by atoms with van der Waals surface area (Å²) >= 11 is 0. The van der Waals surface area contributed by atoms with Gasteiger partial charge >= 0.3 is 0 Å². The van der Waals surface area contributed by atoms with E-state index in [4.69, 9.17) is 4.52 Å². The number of hydrogen-bond acceptors (Lipinski definition) is 7. The molecule has 0 radical (unpaired) electrons. The molecule has 2 saturated heterocycles. The number of amides is 2. The SMILES string of the molecule is Cc1noc(C)c1S(=O)(=O)N1CCN(CN2C(=O)[C@H]3CC=CC[C@H]3C2=O)CC1. The van der Waals surface area contributed by atoms with Gasteiger partial charge in [0.05, 0.1) is 18.5 Å². The first-order chi connectivity index (χ1) is 13.3. The summed E-state index contributed by atoms with van der Waals surface area (Å²) in [5.74, 6) is -0.405. The van der Waals surface area contributed by atoms with Crippen LogP contribution in [0.15, 0.2) is 21.6 Å². The van der Waals surface area contributed by atoms with Gasteiger partial charge in [0.2, 0.25) is 21.8 Å². The summed E-state index contributed by atoms with van der Waals surface area (Å²) in [6.45, 7) is 4.90. The van der Waals surface area contributed by atoms with E-state index in [9.17, 15) is 18.0 Å². The summed E-state index contributed by atoms with van der Waals surface area (Å²) < 4.78 is 32.2. The van der Waals surface area contributed by atoms with Gasteiger partial charge < -0.3 is 4.52 Å². The Morgan fingerprint density at radius 1 is 1.04 bits per heavy atom. The van der Waals surface area contributed by atoms with E-state index in [2.05, 4.69) is 5.16 Å². The Morgan fingerprint density at radius 2 is 1.61 bits per heavy atom. The Hall–Kier alpha value is -2.04. The third kappa shape index (κ3) is 3.09. The summed E-state index contributed by atoms with van der Waals surface area (Å²) in [7, 11) is -3.67. The van der Waals surface area contributed by atoms with E-state index in [0.29, 0.717) is 31.6 Å². The number of imide groups is 1. The van der Waals surface area contributed by atoms with Gasteiger partial charge in [-0.05, 0) is 26.7 Å². The lowest BCUT2D eigenvalue weighted by Gasteiger charge is -2.35. The van der Waals surface area contributed by atoms with Crippen LogP contribution in [0.25, 0.3) is 0 Å². The van der Waals surface area contributed by atoms with Gasteiger partial charge in [0.15, 0.2) is 5.76 Å². The minimum Gasteiger partial charge on any atom is -0.360 e. The summed E-state index contributed by atoms with van der Waals surface area (Å²) in [6.07, 6.45) is 5.17. The molecule has 9 nitrogen and oxygen atoms in total. The van der Waals surface area contributed by atoms with Gasteiger partial charge in [-0.15, -0.1) is 0 Å². The molecule has 3 heterocycles. The predicted molar refractivity (Wildman–Crippen MR) is 98.4 cm³/mol.